The highest BCUT2D eigenvalue weighted by atomic mass is 16.3. The van der Waals surface area contributed by atoms with Crippen LogP contribution in [-0.4, -0.2) is 50.9 Å². The van der Waals surface area contributed by atoms with Crippen molar-refractivity contribution in [1.82, 2.24) is 20.2 Å². The molecule has 0 unspecified atom stereocenters. The number of aryl methyl sites for hydroxylation is 1. The predicted molar refractivity (Wildman–Crippen MR) is 105 cm³/mol. The lowest BCUT2D eigenvalue weighted by Crippen LogP contribution is -2.38. The van der Waals surface area contributed by atoms with Gasteiger partial charge in [0, 0.05) is 37.4 Å². The van der Waals surface area contributed by atoms with Crippen molar-refractivity contribution < 1.29 is 14.7 Å². The number of fused-ring (bicyclic) bond motifs is 1. The number of H-pyrrole nitrogens is 1. The van der Waals surface area contributed by atoms with Crippen molar-refractivity contribution >= 4 is 22.6 Å². The molecule has 2 heterocycles. The van der Waals surface area contributed by atoms with Crippen LogP contribution in [0.4, 0.5) is 0 Å². The number of rotatable bonds is 5. The number of nitrogens with zero attached hydrogens (tertiary/aromatic N) is 2. The van der Waals surface area contributed by atoms with Gasteiger partial charge < -0.3 is 20.3 Å². The predicted octanol–water partition coefficient (Wildman–Crippen LogP) is 2.23. The molecule has 1 saturated heterocycles. The summed E-state index contributed by atoms with van der Waals surface area (Å²) in [5, 5.41) is 15.1. The molecular weight excluding hydrogens is 356 g/mol. The van der Waals surface area contributed by atoms with Crippen molar-refractivity contribution in [2.45, 2.75) is 25.3 Å². The minimum absolute atomic E-state index is 0.0178. The molecule has 1 aliphatic heterocycles. The summed E-state index contributed by atoms with van der Waals surface area (Å²) in [6.45, 7) is 0.998. The molecule has 1 fully saturated rings. The van der Waals surface area contributed by atoms with E-state index >= 15 is 0 Å². The Bertz CT molecular complexity index is 1000. The van der Waals surface area contributed by atoms with E-state index in [4.69, 9.17) is 0 Å². The van der Waals surface area contributed by atoms with Crippen molar-refractivity contribution in [2.75, 3.05) is 13.1 Å². The van der Waals surface area contributed by atoms with Gasteiger partial charge in [0.1, 0.15) is 5.75 Å². The molecule has 3 N–H and O–H groups in total. The summed E-state index contributed by atoms with van der Waals surface area (Å²) in [5.74, 6) is -0.268. The van der Waals surface area contributed by atoms with E-state index in [9.17, 15) is 14.7 Å². The first-order valence-corrected chi connectivity index (χ1v) is 9.38. The third-order valence-corrected chi connectivity index (χ3v) is 5.11. The summed E-state index contributed by atoms with van der Waals surface area (Å²) >= 11 is 0. The van der Waals surface area contributed by atoms with E-state index < -0.39 is 0 Å². The van der Waals surface area contributed by atoms with Gasteiger partial charge in [0.25, 0.3) is 5.91 Å². The third kappa shape index (κ3) is 3.83. The largest absolute Gasteiger partial charge is 0.507 e. The van der Waals surface area contributed by atoms with Crippen molar-refractivity contribution in [3.8, 4) is 5.75 Å². The Balaban J connectivity index is 1.36. The van der Waals surface area contributed by atoms with Gasteiger partial charge in [-0.05, 0) is 35.7 Å². The standard InChI is InChI=1S/C21H22N4O3/c26-19-10-15-4-2-1-3-14(15)9-18(19)21(28)25-8-7-17(12-25)24-20(27)6-5-16-11-22-13-23-16/h1-4,9-11,13,17,26H,5-8,12H2,(H,22,23)(H,24,27)/t17-/m1/s1. The topological polar surface area (TPSA) is 98.3 Å². The van der Waals surface area contributed by atoms with E-state index in [0.29, 0.717) is 37.9 Å². The summed E-state index contributed by atoms with van der Waals surface area (Å²) in [6, 6.07) is 10.9. The number of aromatic nitrogens is 2. The molecule has 0 saturated carbocycles. The van der Waals surface area contributed by atoms with Gasteiger partial charge in [-0.2, -0.15) is 0 Å². The number of aromatic hydroxyl groups is 1. The molecule has 2 amide bonds. The summed E-state index contributed by atoms with van der Waals surface area (Å²) in [7, 11) is 0. The zero-order valence-electron chi connectivity index (χ0n) is 15.4. The van der Waals surface area contributed by atoms with Crippen LogP contribution in [0, 0.1) is 0 Å². The van der Waals surface area contributed by atoms with E-state index in [1.165, 1.54) is 0 Å². The summed E-state index contributed by atoms with van der Waals surface area (Å²) in [5.41, 5.74) is 1.22. The molecule has 1 atom stereocenters. The molecule has 3 aromatic rings. The molecule has 0 bridgehead atoms. The Kier molecular flexibility index (Phi) is 4.97. The van der Waals surface area contributed by atoms with Gasteiger partial charge in [0.05, 0.1) is 11.9 Å². The number of benzene rings is 2. The Labute approximate surface area is 162 Å². The average molecular weight is 378 g/mol. The van der Waals surface area contributed by atoms with Crippen LogP contribution < -0.4 is 5.32 Å². The van der Waals surface area contributed by atoms with Gasteiger partial charge in [-0.25, -0.2) is 4.98 Å². The van der Waals surface area contributed by atoms with Crippen molar-refractivity contribution in [3.63, 3.8) is 0 Å². The van der Waals surface area contributed by atoms with Crippen molar-refractivity contribution in [1.29, 1.82) is 0 Å². The molecule has 2 aromatic carbocycles. The van der Waals surface area contributed by atoms with Gasteiger partial charge >= 0.3 is 0 Å². The van der Waals surface area contributed by atoms with Crippen LogP contribution in [-0.2, 0) is 11.2 Å². The van der Waals surface area contributed by atoms with E-state index in [2.05, 4.69) is 15.3 Å². The molecule has 0 radical (unpaired) electrons. The number of nitrogens with one attached hydrogen (secondary N) is 2. The van der Waals surface area contributed by atoms with Gasteiger partial charge in [0.2, 0.25) is 5.91 Å². The SMILES string of the molecule is O=C(CCc1cnc[nH]1)N[C@@H]1CCN(C(=O)c2cc3ccccc3cc2O)C1. The van der Waals surface area contributed by atoms with E-state index in [0.717, 1.165) is 16.5 Å². The normalized spacial score (nSPS) is 16.4. The number of amides is 2. The number of hydrogen-bond acceptors (Lipinski definition) is 4. The molecular formula is C21H22N4O3. The monoisotopic (exact) mass is 378 g/mol. The molecule has 0 aliphatic carbocycles. The molecule has 28 heavy (non-hydrogen) atoms. The molecule has 1 aliphatic rings. The summed E-state index contributed by atoms with van der Waals surface area (Å²) in [6.07, 6.45) is 4.98. The Morgan fingerprint density at radius 3 is 2.79 bits per heavy atom. The van der Waals surface area contributed by atoms with Gasteiger partial charge in [-0.1, -0.05) is 24.3 Å². The number of carbonyl (C=O) groups is 2. The lowest BCUT2D eigenvalue weighted by Gasteiger charge is -2.18. The number of phenolic OH excluding ortho intramolecular Hbond substituents is 1. The lowest BCUT2D eigenvalue weighted by atomic mass is 10.1. The van der Waals surface area contributed by atoms with Crippen LogP contribution in [0.3, 0.4) is 0 Å². The lowest BCUT2D eigenvalue weighted by molar-refractivity contribution is -0.121. The first-order valence-electron chi connectivity index (χ1n) is 9.38. The Morgan fingerprint density at radius 1 is 1.25 bits per heavy atom. The van der Waals surface area contributed by atoms with Crippen LogP contribution in [0.15, 0.2) is 48.9 Å². The van der Waals surface area contributed by atoms with Crippen LogP contribution in [0.25, 0.3) is 10.8 Å². The minimum Gasteiger partial charge on any atom is -0.507 e. The number of likely N-dealkylation sites (tertiary alicyclic amines) is 1. The maximum Gasteiger partial charge on any atom is 0.257 e. The summed E-state index contributed by atoms with van der Waals surface area (Å²) in [4.78, 5) is 33.6. The number of imidazole rings is 1. The van der Waals surface area contributed by atoms with Gasteiger partial charge in [-0.15, -0.1) is 0 Å². The minimum atomic E-state index is -0.211. The highest BCUT2D eigenvalue weighted by molar-refractivity contribution is 6.01. The highest BCUT2D eigenvalue weighted by Crippen LogP contribution is 2.27. The van der Waals surface area contributed by atoms with Crippen molar-refractivity contribution in [2.24, 2.45) is 0 Å². The Morgan fingerprint density at radius 2 is 2.04 bits per heavy atom. The second-order valence-electron chi connectivity index (χ2n) is 7.10. The fourth-order valence-corrected chi connectivity index (χ4v) is 3.60. The first-order chi connectivity index (χ1) is 13.6. The zero-order valence-corrected chi connectivity index (χ0v) is 15.4. The number of aromatic amines is 1. The van der Waals surface area contributed by atoms with E-state index in [1.54, 1.807) is 29.6 Å². The number of phenols is 1. The molecule has 4 rings (SSSR count). The second kappa shape index (κ2) is 7.72. The molecule has 7 nitrogen and oxygen atoms in total. The highest BCUT2D eigenvalue weighted by Gasteiger charge is 2.29. The quantitative estimate of drug-likeness (QED) is 0.634. The molecule has 144 valence electrons. The van der Waals surface area contributed by atoms with Gasteiger partial charge in [-0.3, -0.25) is 9.59 Å². The fourth-order valence-electron chi connectivity index (χ4n) is 3.60. The van der Waals surface area contributed by atoms with E-state index in [-0.39, 0.29) is 23.6 Å². The smallest absolute Gasteiger partial charge is 0.257 e. The number of hydrogen-bond donors (Lipinski definition) is 3. The van der Waals surface area contributed by atoms with Crippen molar-refractivity contribution in [3.05, 3.63) is 60.2 Å². The molecule has 7 heteroatoms. The van der Waals surface area contributed by atoms with Crippen LogP contribution >= 0.6 is 0 Å². The Hall–Kier alpha value is -3.35. The molecule has 1 aromatic heterocycles. The van der Waals surface area contributed by atoms with E-state index in [1.807, 2.05) is 24.3 Å². The van der Waals surface area contributed by atoms with Gasteiger partial charge in [0.15, 0.2) is 0 Å². The van der Waals surface area contributed by atoms with Crippen LogP contribution in [0.2, 0.25) is 0 Å². The second-order valence-corrected chi connectivity index (χ2v) is 7.10. The maximum absolute atomic E-state index is 12.9. The third-order valence-electron chi connectivity index (χ3n) is 5.11. The zero-order chi connectivity index (χ0) is 19.5. The first kappa shape index (κ1) is 18.0. The van der Waals surface area contributed by atoms with Crippen LogP contribution in [0.1, 0.15) is 28.9 Å². The maximum atomic E-state index is 12.9. The number of carbonyl (C=O) groups excluding carboxylic acids is 2. The molecule has 0 spiro atoms. The summed E-state index contributed by atoms with van der Waals surface area (Å²) < 4.78 is 0. The fraction of sp³-hybridized carbons (Fsp3) is 0.286. The average Bonchev–Trinajstić information content (AvgIpc) is 3.37. The van der Waals surface area contributed by atoms with Crippen LogP contribution in [0.5, 0.6) is 5.75 Å².